The molecule has 0 bridgehead atoms. The molecule has 0 aromatic rings. The molecule has 0 unspecified atom stereocenters. The van der Waals surface area contributed by atoms with Crippen LogP contribution in [0.2, 0.25) is 0 Å². The summed E-state index contributed by atoms with van der Waals surface area (Å²) < 4.78 is 0. The van der Waals surface area contributed by atoms with Gasteiger partial charge in [-0.2, -0.15) is 0 Å². The number of nitrogens with one attached hydrogen (secondary N) is 1. The molecule has 4 heteroatoms. The van der Waals surface area contributed by atoms with E-state index in [9.17, 15) is 4.79 Å². The molecule has 0 aromatic heterocycles. The van der Waals surface area contributed by atoms with Crippen molar-refractivity contribution < 1.29 is 9.63 Å². The zero-order chi connectivity index (χ0) is 11.5. The Balaban J connectivity index is 2.30. The van der Waals surface area contributed by atoms with Gasteiger partial charge in [0, 0.05) is 12.0 Å². The summed E-state index contributed by atoms with van der Waals surface area (Å²) >= 11 is 0. The first-order chi connectivity index (χ1) is 6.81. The molecule has 88 valence electrons. The highest BCUT2D eigenvalue weighted by molar-refractivity contribution is 5.76. The number of rotatable bonds is 3. The SMILES string of the molecule is CC(C)(C)ONC(=O)CC1(N)CCCC1. The highest BCUT2D eigenvalue weighted by Gasteiger charge is 2.32. The van der Waals surface area contributed by atoms with Crippen LogP contribution in [-0.2, 0) is 9.63 Å². The molecule has 0 spiro atoms. The monoisotopic (exact) mass is 214 g/mol. The number of hydroxylamine groups is 1. The Morgan fingerprint density at radius 2 is 1.93 bits per heavy atom. The lowest BCUT2D eigenvalue weighted by atomic mass is 9.95. The average Bonchev–Trinajstić information content (AvgIpc) is 2.47. The minimum Gasteiger partial charge on any atom is -0.325 e. The van der Waals surface area contributed by atoms with Crippen LogP contribution in [0.3, 0.4) is 0 Å². The zero-order valence-electron chi connectivity index (χ0n) is 9.93. The van der Waals surface area contributed by atoms with Crippen LogP contribution < -0.4 is 11.2 Å². The Morgan fingerprint density at radius 3 is 2.40 bits per heavy atom. The fourth-order valence-electron chi connectivity index (χ4n) is 1.82. The van der Waals surface area contributed by atoms with E-state index in [0.29, 0.717) is 6.42 Å². The Morgan fingerprint density at radius 1 is 1.40 bits per heavy atom. The van der Waals surface area contributed by atoms with Crippen molar-refractivity contribution in [1.82, 2.24) is 5.48 Å². The van der Waals surface area contributed by atoms with Gasteiger partial charge in [-0.1, -0.05) is 12.8 Å². The van der Waals surface area contributed by atoms with Gasteiger partial charge in [0.1, 0.15) is 0 Å². The fourth-order valence-corrected chi connectivity index (χ4v) is 1.82. The molecule has 0 aromatic carbocycles. The van der Waals surface area contributed by atoms with E-state index in [1.54, 1.807) is 0 Å². The van der Waals surface area contributed by atoms with Gasteiger partial charge in [0.15, 0.2) is 0 Å². The number of hydrogen-bond acceptors (Lipinski definition) is 3. The smallest absolute Gasteiger partial charge is 0.245 e. The molecule has 1 fully saturated rings. The molecule has 1 aliphatic rings. The zero-order valence-corrected chi connectivity index (χ0v) is 9.93. The van der Waals surface area contributed by atoms with Crippen LogP contribution in [0.5, 0.6) is 0 Å². The molecule has 3 N–H and O–H groups in total. The van der Waals surface area contributed by atoms with E-state index in [0.717, 1.165) is 25.7 Å². The van der Waals surface area contributed by atoms with E-state index in [1.807, 2.05) is 20.8 Å². The van der Waals surface area contributed by atoms with Gasteiger partial charge in [-0.15, -0.1) is 0 Å². The number of nitrogens with two attached hydrogens (primary N) is 1. The third kappa shape index (κ3) is 4.62. The van der Waals surface area contributed by atoms with Gasteiger partial charge in [-0.05, 0) is 33.6 Å². The van der Waals surface area contributed by atoms with Gasteiger partial charge in [-0.25, -0.2) is 5.48 Å². The van der Waals surface area contributed by atoms with Gasteiger partial charge < -0.3 is 5.73 Å². The van der Waals surface area contributed by atoms with Crippen molar-refractivity contribution in [2.24, 2.45) is 5.73 Å². The van der Waals surface area contributed by atoms with Crippen LogP contribution >= 0.6 is 0 Å². The number of hydrogen-bond donors (Lipinski definition) is 2. The van der Waals surface area contributed by atoms with Gasteiger partial charge in [0.05, 0.1) is 5.60 Å². The molecule has 0 radical (unpaired) electrons. The van der Waals surface area contributed by atoms with Crippen molar-refractivity contribution in [3.8, 4) is 0 Å². The lowest BCUT2D eigenvalue weighted by Crippen LogP contribution is -2.43. The molecule has 0 aliphatic heterocycles. The number of carbonyl (C=O) groups excluding carboxylic acids is 1. The van der Waals surface area contributed by atoms with Crippen molar-refractivity contribution in [3.05, 3.63) is 0 Å². The second-order valence-electron chi connectivity index (χ2n) is 5.49. The molecule has 1 aliphatic carbocycles. The van der Waals surface area contributed by atoms with Gasteiger partial charge in [0.25, 0.3) is 0 Å². The third-order valence-electron chi connectivity index (χ3n) is 2.58. The Labute approximate surface area is 91.5 Å². The summed E-state index contributed by atoms with van der Waals surface area (Å²) in [6.07, 6.45) is 4.50. The minimum atomic E-state index is -0.354. The van der Waals surface area contributed by atoms with Crippen LogP contribution in [-0.4, -0.2) is 17.0 Å². The van der Waals surface area contributed by atoms with E-state index >= 15 is 0 Å². The van der Waals surface area contributed by atoms with E-state index in [1.165, 1.54) is 0 Å². The van der Waals surface area contributed by atoms with E-state index < -0.39 is 0 Å². The molecular weight excluding hydrogens is 192 g/mol. The molecule has 0 saturated heterocycles. The molecule has 1 saturated carbocycles. The summed E-state index contributed by atoms with van der Waals surface area (Å²) in [5, 5.41) is 0. The van der Waals surface area contributed by atoms with Crippen LogP contribution in [0.1, 0.15) is 52.9 Å². The van der Waals surface area contributed by atoms with Crippen LogP contribution in [0.15, 0.2) is 0 Å². The molecule has 1 rings (SSSR count). The third-order valence-corrected chi connectivity index (χ3v) is 2.58. The van der Waals surface area contributed by atoms with Gasteiger partial charge in [0.2, 0.25) is 5.91 Å². The second-order valence-corrected chi connectivity index (χ2v) is 5.49. The fraction of sp³-hybridized carbons (Fsp3) is 0.909. The molecule has 0 heterocycles. The number of amides is 1. The lowest BCUT2D eigenvalue weighted by Gasteiger charge is -2.24. The average molecular weight is 214 g/mol. The minimum absolute atomic E-state index is 0.116. The Hall–Kier alpha value is -0.610. The first-order valence-corrected chi connectivity index (χ1v) is 5.57. The quantitative estimate of drug-likeness (QED) is 0.700. The predicted molar refractivity (Wildman–Crippen MR) is 59.0 cm³/mol. The van der Waals surface area contributed by atoms with Crippen LogP contribution in [0.25, 0.3) is 0 Å². The van der Waals surface area contributed by atoms with Crippen molar-refractivity contribution in [3.63, 3.8) is 0 Å². The van der Waals surface area contributed by atoms with E-state index in [-0.39, 0.29) is 17.0 Å². The topological polar surface area (TPSA) is 64.3 Å². The van der Waals surface area contributed by atoms with Crippen LogP contribution in [0, 0.1) is 0 Å². The van der Waals surface area contributed by atoms with E-state index in [4.69, 9.17) is 10.6 Å². The normalized spacial score (nSPS) is 20.3. The highest BCUT2D eigenvalue weighted by atomic mass is 16.7. The summed E-state index contributed by atoms with van der Waals surface area (Å²) in [5.41, 5.74) is 7.88. The largest absolute Gasteiger partial charge is 0.325 e. The summed E-state index contributed by atoms with van der Waals surface area (Å²) in [6.45, 7) is 5.67. The molecule has 15 heavy (non-hydrogen) atoms. The second kappa shape index (κ2) is 4.49. The first-order valence-electron chi connectivity index (χ1n) is 5.57. The van der Waals surface area contributed by atoms with Crippen molar-refractivity contribution in [2.75, 3.05) is 0 Å². The summed E-state index contributed by atoms with van der Waals surface area (Å²) in [7, 11) is 0. The maximum Gasteiger partial charge on any atom is 0.245 e. The predicted octanol–water partition coefficient (Wildman–Crippen LogP) is 1.49. The summed E-state index contributed by atoms with van der Waals surface area (Å²) in [6, 6.07) is 0. The highest BCUT2D eigenvalue weighted by Crippen LogP contribution is 2.29. The van der Waals surface area contributed by atoms with Gasteiger partial charge in [-0.3, -0.25) is 9.63 Å². The Kier molecular flexibility index (Phi) is 3.73. The van der Waals surface area contributed by atoms with Crippen LogP contribution in [0.4, 0.5) is 0 Å². The molecule has 0 atom stereocenters. The summed E-state index contributed by atoms with van der Waals surface area (Å²) in [4.78, 5) is 16.7. The van der Waals surface area contributed by atoms with Crippen molar-refractivity contribution in [2.45, 2.75) is 64.0 Å². The Bertz CT molecular complexity index is 227. The maximum atomic E-state index is 11.5. The molecular formula is C11H22N2O2. The van der Waals surface area contributed by atoms with E-state index in [2.05, 4.69) is 5.48 Å². The first kappa shape index (κ1) is 12.5. The standard InChI is InChI=1S/C11H22N2O2/c1-10(2,3)15-13-9(14)8-11(12)6-4-5-7-11/h4-8,12H2,1-3H3,(H,13,14). The maximum absolute atomic E-state index is 11.5. The van der Waals surface area contributed by atoms with Crippen molar-refractivity contribution in [1.29, 1.82) is 0 Å². The molecule has 1 amide bonds. The summed E-state index contributed by atoms with van der Waals surface area (Å²) in [5.74, 6) is -0.116. The molecule has 4 nitrogen and oxygen atoms in total. The number of carbonyl (C=O) groups is 1. The van der Waals surface area contributed by atoms with Gasteiger partial charge >= 0.3 is 0 Å². The lowest BCUT2D eigenvalue weighted by molar-refractivity contribution is -0.146. The van der Waals surface area contributed by atoms with Crippen molar-refractivity contribution >= 4 is 5.91 Å².